The molecule has 1 saturated heterocycles. The van der Waals surface area contributed by atoms with Crippen LogP contribution in [0.2, 0.25) is 0 Å². The summed E-state index contributed by atoms with van der Waals surface area (Å²) in [6, 6.07) is 5.61. The van der Waals surface area contributed by atoms with Crippen LogP contribution < -0.4 is 0 Å². The van der Waals surface area contributed by atoms with E-state index in [4.69, 9.17) is 19.6 Å². The fourth-order valence-electron chi connectivity index (χ4n) is 5.06. The maximum Gasteiger partial charge on any atom is 0.335 e. The summed E-state index contributed by atoms with van der Waals surface area (Å²) in [5, 5.41) is 69.7. The quantitative estimate of drug-likeness (QED) is 0.172. The average molecular weight is 622 g/mol. The van der Waals surface area contributed by atoms with Crippen molar-refractivity contribution in [1.82, 2.24) is 4.98 Å². The number of aliphatic hydroxyl groups excluding tert-OH is 5. The van der Waals surface area contributed by atoms with Crippen LogP contribution in [0.4, 0.5) is 4.39 Å². The van der Waals surface area contributed by atoms with Crippen molar-refractivity contribution in [3.63, 3.8) is 0 Å². The molecule has 5 unspecified atom stereocenters. The number of halogens is 1. The van der Waals surface area contributed by atoms with Gasteiger partial charge in [-0.2, -0.15) is 0 Å². The lowest BCUT2D eigenvalue weighted by atomic mass is 9.87. The molecule has 12 nitrogen and oxygen atoms in total. The summed E-state index contributed by atoms with van der Waals surface area (Å²) in [6.45, 7) is 7.28. The summed E-state index contributed by atoms with van der Waals surface area (Å²) in [6.07, 6.45) is -9.37. The van der Waals surface area contributed by atoms with Crippen molar-refractivity contribution in [2.24, 2.45) is 0 Å². The van der Waals surface area contributed by atoms with E-state index in [2.05, 4.69) is 0 Å². The van der Waals surface area contributed by atoms with Gasteiger partial charge in [-0.25, -0.2) is 9.18 Å². The molecule has 1 aliphatic heterocycles. The number of carbonyl (C=O) groups is 2. The van der Waals surface area contributed by atoms with Crippen LogP contribution in [0.1, 0.15) is 74.9 Å². The molecule has 0 amide bonds. The largest absolute Gasteiger partial charge is 0.481 e. The Morgan fingerprint density at radius 3 is 2.14 bits per heavy atom. The Kier molecular flexibility index (Phi) is 12.1. The van der Waals surface area contributed by atoms with Crippen LogP contribution in [0.25, 0.3) is 17.2 Å². The van der Waals surface area contributed by atoms with Gasteiger partial charge in [0.05, 0.1) is 30.9 Å². The summed E-state index contributed by atoms with van der Waals surface area (Å²) in [7, 11) is 0. The van der Waals surface area contributed by atoms with Gasteiger partial charge in [-0.3, -0.25) is 9.78 Å². The fraction of sp³-hybridized carbons (Fsp3) is 0.516. The summed E-state index contributed by atoms with van der Waals surface area (Å²) in [5.41, 5.74) is 3.25. The van der Waals surface area contributed by atoms with Gasteiger partial charge in [-0.1, -0.05) is 52.0 Å². The summed E-state index contributed by atoms with van der Waals surface area (Å²) >= 11 is 0. The first kappa shape index (κ1) is 35.2. The van der Waals surface area contributed by atoms with Crippen molar-refractivity contribution in [1.29, 1.82) is 0 Å². The molecule has 0 radical (unpaired) electrons. The van der Waals surface area contributed by atoms with E-state index in [1.165, 1.54) is 18.2 Å². The van der Waals surface area contributed by atoms with Crippen LogP contribution in [0, 0.1) is 5.82 Å². The first-order valence-electron chi connectivity index (χ1n) is 14.2. The Balaban J connectivity index is 2.16. The van der Waals surface area contributed by atoms with Gasteiger partial charge in [0, 0.05) is 23.2 Å². The minimum absolute atomic E-state index is 0.146. The number of nitrogens with zero attached hydrogens (tertiary/aromatic N) is 1. The number of aliphatic carboxylic acids is 2. The van der Waals surface area contributed by atoms with E-state index in [-0.39, 0.29) is 24.9 Å². The van der Waals surface area contributed by atoms with Gasteiger partial charge in [0.15, 0.2) is 12.4 Å². The molecule has 1 aliphatic rings. The first-order valence-corrected chi connectivity index (χ1v) is 14.2. The molecule has 2 aromatic rings. The second kappa shape index (κ2) is 15.1. The molecule has 1 fully saturated rings. The van der Waals surface area contributed by atoms with Crippen LogP contribution in [-0.4, -0.2) is 95.6 Å². The zero-order chi connectivity index (χ0) is 32.9. The monoisotopic (exact) mass is 621 g/mol. The normalized spacial score (nSPS) is 23.8. The predicted octanol–water partition coefficient (Wildman–Crippen LogP) is 2.14. The smallest absolute Gasteiger partial charge is 0.335 e. The highest BCUT2D eigenvalue weighted by Gasteiger charge is 2.47. The lowest BCUT2D eigenvalue weighted by molar-refractivity contribution is -0.297. The molecule has 0 saturated carbocycles. The molecule has 2 heterocycles. The number of hydrogen-bond donors (Lipinski definition) is 7. The number of pyridine rings is 1. The maximum absolute atomic E-state index is 14.0. The number of benzene rings is 1. The third kappa shape index (κ3) is 8.45. The zero-order valence-corrected chi connectivity index (χ0v) is 24.9. The third-order valence-electron chi connectivity index (χ3n) is 7.24. The fourth-order valence-corrected chi connectivity index (χ4v) is 5.06. The highest BCUT2D eigenvalue weighted by atomic mass is 19.1. The third-order valence-corrected chi connectivity index (χ3v) is 7.24. The van der Waals surface area contributed by atoms with E-state index < -0.39 is 67.1 Å². The van der Waals surface area contributed by atoms with E-state index in [9.17, 15) is 44.6 Å². The van der Waals surface area contributed by atoms with Crippen LogP contribution >= 0.6 is 0 Å². The molecule has 44 heavy (non-hydrogen) atoms. The molecular weight excluding hydrogens is 581 g/mol. The number of carboxylic acids is 2. The lowest BCUT2D eigenvalue weighted by Crippen LogP contribution is -2.60. The molecule has 0 aliphatic carbocycles. The standard InChI is InChI=1S/C31H40FNO11/c1-14(2)24-20(10-9-18(34)11-19(35)12-22(36)37)23(16-5-7-17(32)8-6-16)21(25(33-24)15(3)4)13-43-31-28(40)26(38)27(39)29(44-31)30(41)42/h5-10,14-15,18-19,26-29,31,34-35,38-40H,11-13H2,1-4H3,(H,36,37)(H,41,42)/b10-9+/t18-,19-,26?,27?,28?,29?,31?/m1/s1. The Morgan fingerprint density at radius 2 is 1.59 bits per heavy atom. The highest BCUT2D eigenvalue weighted by molar-refractivity contribution is 5.80. The second-order valence-corrected chi connectivity index (χ2v) is 11.4. The minimum atomic E-state index is -1.90. The Labute approximate surface area is 254 Å². The van der Waals surface area contributed by atoms with Crippen molar-refractivity contribution in [3.8, 4) is 11.1 Å². The SMILES string of the molecule is CC(C)c1nc(C(C)C)c(COC2OC(C(=O)O)C(O)C(O)C2O)c(-c2ccc(F)cc2)c1/C=C/[C@@H](O)C[C@@H](O)CC(=O)O. The van der Waals surface area contributed by atoms with Crippen LogP contribution in [0.5, 0.6) is 0 Å². The van der Waals surface area contributed by atoms with Gasteiger partial charge in [0.2, 0.25) is 0 Å². The van der Waals surface area contributed by atoms with Crippen LogP contribution in [0.3, 0.4) is 0 Å². The van der Waals surface area contributed by atoms with Crippen molar-refractivity contribution in [2.45, 2.75) is 102 Å². The Hall–Kier alpha value is -3.30. The molecule has 0 spiro atoms. The van der Waals surface area contributed by atoms with E-state index >= 15 is 0 Å². The highest BCUT2D eigenvalue weighted by Crippen LogP contribution is 2.38. The minimum Gasteiger partial charge on any atom is -0.481 e. The second-order valence-electron chi connectivity index (χ2n) is 11.4. The number of aliphatic hydroxyl groups is 5. The lowest BCUT2D eigenvalue weighted by Gasteiger charge is -2.38. The van der Waals surface area contributed by atoms with Gasteiger partial charge < -0.3 is 45.2 Å². The van der Waals surface area contributed by atoms with Crippen molar-refractivity contribution in [2.75, 3.05) is 0 Å². The van der Waals surface area contributed by atoms with E-state index in [0.717, 1.165) is 0 Å². The molecule has 3 rings (SSSR count). The molecule has 0 bridgehead atoms. The van der Waals surface area contributed by atoms with Crippen molar-refractivity contribution < 1.29 is 59.2 Å². The van der Waals surface area contributed by atoms with Gasteiger partial charge >= 0.3 is 11.9 Å². The molecule has 7 atom stereocenters. The maximum atomic E-state index is 14.0. The van der Waals surface area contributed by atoms with Crippen molar-refractivity contribution in [3.05, 3.63) is 58.7 Å². The Morgan fingerprint density at radius 1 is 0.977 bits per heavy atom. The molecular formula is C31H40FNO11. The Bertz CT molecular complexity index is 1330. The van der Waals surface area contributed by atoms with Gasteiger partial charge in [0.1, 0.15) is 24.1 Å². The van der Waals surface area contributed by atoms with Crippen LogP contribution in [0.15, 0.2) is 30.3 Å². The van der Waals surface area contributed by atoms with Gasteiger partial charge in [0.25, 0.3) is 0 Å². The zero-order valence-electron chi connectivity index (χ0n) is 24.9. The van der Waals surface area contributed by atoms with Gasteiger partial charge in [-0.05, 0) is 35.1 Å². The van der Waals surface area contributed by atoms with E-state index in [1.54, 1.807) is 18.2 Å². The molecule has 13 heteroatoms. The van der Waals surface area contributed by atoms with E-state index in [1.807, 2.05) is 27.7 Å². The molecule has 242 valence electrons. The number of ether oxygens (including phenoxy) is 2. The summed E-state index contributed by atoms with van der Waals surface area (Å²) in [5.74, 6) is -3.59. The van der Waals surface area contributed by atoms with Gasteiger partial charge in [-0.15, -0.1) is 0 Å². The molecule has 1 aromatic heterocycles. The summed E-state index contributed by atoms with van der Waals surface area (Å²) in [4.78, 5) is 27.4. The molecule has 1 aromatic carbocycles. The number of hydrogen-bond acceptors (Lipinski definition) is 10. The summed E-state index contributed by atoms with van der Waals surface area (Å²) < 4.78 is 25.1. The number of rotatable bonds is 13. The van der Waals surface area contributed by atoms with E-state index in [0.29, 0.717) is 33.6 Å². The number of carboxylic acid groups (broad SMARTS) is 2. The first-order chi connectivity index (χ1) is 20.6. The average Bonchev–Trinajstić information content (AvgIpc) is 2.93. The van der Waals surface area contributed by atoms with Crippen molar-refractivity contribution >= 4 is 18.0 Å². The number of aromatic nitrogens is 1. The van der Waals surface area contributed by atoms with Crippen LogP contribution in [-0.2, 0) is 25.7 Å². The molecule has 7 N–H and O–H groups in total. The topological polar surface area (TPSA) is 207 Å². The predicted molar refractivity (Wildman–Crippen MR) is 155 cm³/mol.